The number of aromatic nitrogens is 2. The van der Waals surface area contributed by atoms with Crippen molar-refractivity contribution in [3.63, 3.8) is 0 Å². The number of aryl methyl sites for hydroxylation is 2. The highest BCUT2D eigenvalue weighted by atomic mass is 15.0. The van der Waals surface area contributed by atoms with E-state index < -0.39 is 0 Å². The van der Waals surface area contributed by atoms with Gasteiger partial charge in [-0.25, -0.2) is 0 Å². The number of benzene rings is 7. The van der Waals surface area contributed by atoms with Gasteiger partial charge in [0.25, 0.3) is 0 Å². The molecule has 1 aliphatic heterocycles. The summed E-state index contributed by atoms with van der Waals surface area (Å²) in [6.45, 7) is 4.41. The third-order valence-electron chi connectivity index (χ3n) is 10.2. The molecule has 0 fully saturated rings. The third kappa shape index (κ3) is 3.68. The lowest BCUT2D eigenvalue weighted by Crippen LogP contribution is -2.53. The lowest BCUT2D eigenvalue weighted by molar-refractivity contribution is 1.18. The van der Waals surface area contributed by atoms with Gasteiger partial charge in [-0.15, -0.1) is 0 Å². The van der Waals surface area contributed by atoms with Crippen LogP contribution in [0.15, 0.2) is 152 Å². The molecular formula is C44H31BN2. The largest absolute Gasteiger partial charge is 0.375 e. The van der Waals surface area contributed by atoms with Crippen molar-refractivity contribution in [3.05, 3.63) is 163 Å². The van der Waals surface area contributed by atoms with Crippen LogP contribution in [0.2, 0.25) is 0 Å². The van der Waals surface area contributed by atoms with E-state index in [2.05, 4.69) is 175 Å². The zero-order valence-corrected chi connectivity index (χ0v) is 26.4. The molecule has 0 N–H and O–H groups in total. The maximum Gasteiger partial charge on any atom is 0.332 e. The topological polar surface area (TPSA) is 9.86 Å². The number of nitrogens with zero attached hydrogens (tertiary/aromatic N) is 2. The molecule has 220 valence electrons. The Kier molecular flexibility index (Phi) is 5.54. The Labute approximate surface area is 274 Å². The molecule has 0 atom stereocenters. The highest BCUT2D eigenvalue weighted by molar-refractivity contribution is 6.88. The smallest absolute Gasteiger partial charge is 0.332 e. The molecule has 0 radical (unpaired) electrons. The highest BCUT2D eigenvalue weighted by Gasteiger charge is 2.37. The van der Waals surface area contributed by atoms with Crippen LogP contribution in [-0.4, -0.2) is 15.9 Å². The zero-order chi connectivity index (χ0) is 31.2. The Morgan fingerprint density at radius 2 is 1.02 bits per heavy atom. The van der Waals surface area contributed by atoms with E-state index >= 15 is 0 Å². The lowest BCUT2D eigenvalue weighted by Gasteiger charge is -2.29. The van der Waals surface area contributed by atoms with Gasteiger partial charge in [-0.2, -0.15) is 0 Å². The molecule has 2 aromatic heterocycles. The molecule has 47 heavy (non-hydrogen) atoms. The average Bonchev–Trinajstić information content (AvgIpc) is 3.62. The summed E-state index contributed by atoms with van der Waals surface area (Å²) < 4.78 is 5.21. The summed E-state index contributed by atoms with van der Waals surface area (Å²) in [5.74, 6) is 0. The van der Waals surface area contributed by atoms with Gasteiger partial charge in [-0.05, 0) is 60.2 Å². The van der Waals surface area contributed by atoms with Gasteiger partial charge in [-0.1, -0.05) is 139 Å². The van der Waals surface area contributed by atoms with E-state index in [-0.39, 0.29) is 6.85 Å². The normalized spacial score (nSPS) is 12.4. The minimum absolute atomic E-state index is 0.0405. The molecule has 0 saturated carbocycles. The highest BCUT2D eigenvalue weighted by Crippen LogP contribution is 2.42. The molecule has 0 spiro atoms. The van der Waals surface area contributed by atoms with E-state index in [4.69, 9.17) is 0 Å². The predicted molar refractivity (Wildman–Crippen MR) is 201 cm³/mol. The maximum atomic E-state index is 2.69. The van der Waals surface area contributed by atoms with Crippen molar-refractivity contribution in [2.75, 3.05) is 0 Å². The first-order valence-corrected chi connectivity index (χ1v) is 16.5. The maximum absolute atomic E-state index is 2.69. The van der Waals surface area contributed by atoms with Crippen molar-refractivity contribution >= 4 is 61.4 Å². The third-order valence-corrected chi connectivity index (χ3v) is 10.2. The molecule has 1 aliphatic rings. The van der Waals surface area contributed by atoms with Crippen LogP contribution in [0.3, 0.4) is 0 Å². The van der Waals surface area contributed by atoms with Crippen molar-refractivity contribution in [1.29, 1.82) is 0 Å². The second-order valence-corrected chi connectivity index (χ2v) is 13.1. The van der Waals surface area contributed by atoms with Crippen LogP contribution >= 0.6 is 0 Å². The van der Waals surface area contributed by atoms with Crippen LogP contribution in [-0.2, 0) is 0 Å². The van der Waals surface area contributed by atoms with Crippen molar-refractivity contribution in [2.45, 2.75) is 13.8 Å². The molecule has 3 heterocycles. The number of hydrogen-bond acceptors (Lipinski definition) is 0. The van der Waals surface area contributed by atoms with Crippen molar-refractivity contribution < 1.29 is 0 Å². The number of fused-ring (bicyclic) bond motifs is 8. The van der Waals surface area contributed by atoms with Crippen LogP contribution in [0.5, 0.6) is 0 Å². The van der Waals surface area contributed by atoms with Gasteiger partial charge < -0.3 is 9.05 Å². The first-order chi connectivity index (χ1) is 23.2. The number of rotatable bonds is 3. The van der Waals surface area contributed by atoms with Crippen LogP contribution in [0.1, 0.15) is 11.1 Å². The van der Waals surface area contributed by atoms with E-state index in [0.29, 0.717) is 0 Å². The van der Waals surface area contributed by atoms with Gasteiger partial charge in [0, 0.05) is 49.4 Å². The Bertz CT molecular complexity index is 2600. The molecule has 0 aliphatic carbocycles. The molecule has 9 aromatic rings. The minimum atomic E-state index is -0.0405. The Morgan fingerprint density at radius 3 is 1.68 bits per heavy atom. The van der Waals surface area contributed by atoms with E-state index in [9.17, 15) is 0 Å². The predicted octanol–water partition coefficient (Wildman–Crippen LogP) is 9.81. The fourth-order valence-electron chi connectivity index (χ4n) is 8.38. The Morgan fingerprint density at radius 1 is 0.426 bits per heavy atom. The summed E-state index contributed by atoms with van der Waals surface area (Å²) in [5.41, 5.74) is 16.6. The molecule has 7 aromatic carbocycles. The SMILES string of the molecule is Cc1ccc2c(c1)c1cc(C)cc3c1n2-c1ccccc1B3n1c2c(-c3ccccc3)cccc2c2cccc(-c3ccccc3)c21. The van der Waals surface area contributed by atoms with Gasteiger partial charge in [0.05, 0.1) is 11.0 Å². The minimum Gasteiger partial charge on any atom is -0.375 e. The summed E-state index contributed by atoms with van der Waals surface area (Å²) in [7, 11) is 0. The summed E-state index contributed by atoms with van der Waals surface area (Å²) >= 11 is 0. The first-order valence-electron chi connectivity index (χ1n) is 16.5. The van der Waals surface area contributed by atoms with Crippen LogP contribution in [0.4, 0.5) is 0 Å². The van der Waals surface area contributed by atoms with E-state index in [1.54, 1.807) is 0 Å². The van der Waals surface area contributed by atoms with E-state index in [1.807, 2.05) is 0 Å². The lowest BCUT2D eigenvalue weighted by atomic mass is 9.48. The van der Waals surface area contributed by atoms with Crippen LogP contribution < -0.4 is 10.9 Å². The van der Waals surface area contributed by atoms with Gasteiger partial charge >= 0.3 is 6.85 Å². The first kappa shape index (κ1) is 26.4. The van der Waals surface area contributed by atoms with Gasteiger partial charge in [-0.3, -0.25) is 0 Å². The molecule has 3 heteroatoms. The monoisotopic (exact) mass is 598 g/mol. The van der Waals surface area contributed by atoms with Gasteiger partial charge in [0.15, 0.2) is 0 Å². The average molecular weight is 599 g/mol. The van der Waals surface area contributed by atoms with Crippen molar-refractivity contribution in [3.8, 4) is 27.9 Å². The molecule has 0 unspecified atom stereocenters. The van der Waals surface area contributed by atoms with Crippen molar-refractivity contribution in [2.24, 2.45) is 0 Å². The fourth-order valence-corrected chi connectivity index (χ4v) is 8.38. The Hall–Kier alpha value is -5.80. The fraction of sp³-hybridized carbons (Fsp3) is 0.0455. The second kappa shape index (κ2) is 9.85. The van der Waals surface area contributed by atoms with Gasteiger partial charge in [0.2, 0.25) is 0 Å². The van der Waals surface area contributed by atoms with Gasteiger partial charge in [0.1, 0.15) is 0 Å². The van der Waals surface area contributed by atoms with Crippen LogP contribution in [0, 0.1) is 13.8 Å². The Balaban J connectivity index is 1.45. The number of para-hydroxylation sites is 3. The molecule has 0 bridgehead atoms. The van der Waals surface area contributed by atoms with Crippen molar-refractivity contribution in [1.82, 2.24) is 9.05 Å². The molecule has 2 nitrogen and oxygen atoms in total. The molecule has 0 amide bonds. The number of hydrogen-bond donors (Lipinski definition) is 0. The molecular weight excluding hydrogens is 567 g/mol. The summed E-state index contributed by atoms with van der Waals surface area (Å²) in [5, 5.41) is 5.20. The van der Waals surface area contributed by atoms with Crippen LogP contribution in [0.25, 0.3) is 71.6 Å². The van der Waals surface area contributed by atoms with E-state index in [1.165, 1.54) is 93.6 Å². The molecule has 10 rings (SSSR count). The quantitative estimate of drug-likeness (QED) is 0.179. The summed E-state index contributed by atoms with van der Waals surface area (Å²) in [6, 6.07) is 56.3. The molecule has 0 saturated heterocycles. The standard InChI is InChI=1S/C44H31BN2/c1-28-23-24-40-36(25-28)37-26-29(2)27-39-44(37)46(40)41-22-10-9-21-38(41)45(39)47-42-32(30-13-5-3-6-14-30)17-11-19-34(42)35-20-12-18-33(43(35)47)31-15-7-4-8-16-31/h3-27H,1-2H3. The summed E-state index contributed by atoms with van der Waals surface area (Å²) in [4.78, 5) is 0. The second-order valence-electron chi connectivity index (χ2n) is 13.1. The van der Waals surface area contributed by atoms with E-state index in [0.717, 1.165) is 0 Å². The zero-order valence-electron chi connectivity index (χ0n) is 26.4. The summed E-state index contributed by atoms with van der Waals surface area (Å²) in [6.07, 6.45) is 0.